The average Bonchev–Trinajstić information content (AvgIpc) is 2.66. The second-order valence-corrected chi connectivity index (χ2v) is 6.83. The number of methoxy groups -OCH3 is 1. The molecule has 9 heteroatoms. The van der Waals surface area contributed by atoms with Crippen molar-refractivity contribution in [3.05, 3.63) is 35.4 Å². The average molecular weight is 510 g/mol. The molecule has 1 aromatic carbocycles. The molecule has 1 aromatic rings. The number of benzene rings is 1. The minimum atomic E-state index is -0.565. The predicted octanol–water partition coefficient (Wildman–Crippen LogP) is 2.65. The van der Waals surface area contributed by atoms with Crippen LogP contribution in [0.1, 0.15) is 24.4 Å². The number of carbonyl (C=O) groups is 1. The zero-order chi connectivity index (χ0) is 20.0. The van der Waals surface area contributed by atoms with Gasteiger partial charge in [0.2, 0.25) is 0 Å². The van der Waals surface area contributed by atoms with E-state index in [9.17, 15) is 13.6 Å². The van der Waals surface area contributed by atoms with Crippen molar-refractivity contribution in [1.82, 2.24) is 15.1 Å². The summed E-state index contributed by atoms with van der Waals surface area (Å²) < 4.78 is 33.2. The number of aliphatic imine (C=N–C) groups is 1. The standard InChI is InChI=1S/C19H28F2N4O2.HI/c1-22-19(25-10-8-13(9-11-25)18(26)27-4)23-12-16(24(2)3)17-14(20)6-5-7-15(17)21;/h5-7,13,16H,8-12H2,1-4H3,(H,22,23);1H. The Kier molecular flexibility index (Phi) is 10.1. The van der Waals surface area contributed by atoms with Crippen LogP contribution in [0.3, 0.4) is 0 Å². The zero-order valence-electron chi connectivity index (χ0n) is 16.7. The summed E-state index contributed by atoms with van der Waals surface area (Å²) >= 11 is 0. The largest absolute Gasteiger partial charge is 0.469 e. The first-order chi connectivity index (χ1) is 12.9. The molecule has 28 heavy (non-hydrogen) atoms. The van der Waals surface area contributed by atoms with Gasteiger partial charge in [-0.15, -0.1) is 24.0 Å². The van der Waals surface area contributed by atoms with E-state index in [0.717, 1.165) is 0 Å². The van der Waals surface area contributed by atoms with E-state index in [2.05, 4.69) is 10.3 Å². The van der Waals surface area contributed by atoms with Gasteiger partial charge in [-0.2, -0.15) is 0 Å². The van der Waals surface area contributed by atoms with Gasteiger partial charge in [0, 0.05) is 32.2 Å². The molecule has 1 aliphatic rings. The van der Waals surface area contributed by atoms with Crippen LogP contribution in [-0.4, -0.2) is 69.6 Å². The number of hydrogen-bond acceptors (Lipinski definition) is 4. The van der Waals surface area contributed by atoms with E-state index in [0.29, 0.717) is 38.4 Å². The molecule has 1 unspecified atom stereocenters. The van der Waals surface area contributed by atoms with Crippen LogP contribution in [0.2, 0.25) is 0 Å². The Hall–Kier alpha value is -1.49. The number of piperidine rings is 1. The minimum Gasteiger partial charge on any atom is -0.469 e. The van der Waals surface area contributed by atoms with Crippen LogP contribution in [0.5, 0.6) is 0 Å². The van der Waals surface area contributed by atoms with Crippen molar-refractivity contribution in [2.24, 2.45) is 10.9 Å². The molecule has 1 saturated heterocycles. The van der Waals surface area contributed by atoms with Gasteiger partial charge in [-0.25, -0.2) is 8.78 Å². The van der Waals surface area contributed by atoms with Crippen molar-refractivity contribution in [3.63, 3.8) is 0 Å². The Morgan fingerprint density at radius 3 is 2.36 bits per heavy atom. The molecular weight excluding hydrogens is 481 g/mol. The molecule has 158 valence electrons. The number of nitrogens with one attached hydrogen (secondary N) is 1. The second kappa shape index (κ2) is 11.5. The van der Waals surface area contributed by atoms with Gasteiger partial charge < -0.3 is 19.9 Å². The van der Waals surface area contributed by atoms with Gasteiger partial charge in [-0.05, 0) is 39.1 Å². The highest BCUT2D eigenvalue weighted by atomic mass is 127. The monoisotopic (exact) mass is 510 g/mol. The number of esters is 1. The number of halogens is 3. The van der Waals surface area contributed by atoms with E-state index in [1.54, 1.807) is 26.0 Å². The number of guanidine groups is 1. The fraction of sp³-hybridized carbons (Fsp3) is 0.579. The molecule has 2 rings (SSSR count). The summed E-state index contributed by atoms with van der Waals surface area (Å²) in [5, 5.41) is 3.22. The SMILES string of the molecule is CN=C(NCC(c1c(F)cccc1F)N(C)C)N1CCC(C(=O)OC)CC1.I. The Morgan fingerprint density at radius 2 is 1.89 bits per heavy atom. The van der Waals surface area contributed by atoms with Crippen LogP contribution < -0.4 is 5.32 Å². The maximum Gasteiger partial charge on any atom is 0.308 e. The molecule has 1 aliphatic heterocycles. The van der Waals surface area contributed by atoms with E-state index < -0.39 is 17.7 Å². The smallest absolute Gasteiger partial charge is 0.308 e. The summed E-state index contributed by atoms with van der Waals surface area (Å²) in [7, 11) is 6.63. The van der Waals surface area contributed by atoms with Crippen LogP contribution >= 0.6 is 24.0 Å². The van der Waals surface area contributed by atoms with Crippen LogP contribution in [-0.2, 0) is 9.53 Å². The lowest BCUT2D eigenvalue weighted by Gasteiger charge is -2.34. The lowest BCUT2D eigenvalue weighted by molar-refractivity contribution is -0.146. The Morgan fingerprint density at radius 1 is 1.32 bits per heavy atom. The normalized spacial score (nSPS) is 16.5. The van der Waals surface area contributed by atoms with Crippen LogP contribution in [0, 0.1) is 17.6 Å². The second-order valence-electron chi connectivity index (χ2n) is 6.83. The Labute approximate surface area is 182 Å². The van der Waals surface area contributed by atoms with Crippen LogP contribution in [0.4, 0.5) is 8.78 Å². The number of carbonyl (C=O) groups excluding carboxylic acids is 1. The highest BCUT2D eigenvalue weighted by molar-refractivity contribution is 14.0. The van der Waals surface area contributed by atoms with Crippen molar-refractivity contribution in [2.75, 3.05) is 47.9 Å². The molecule has 0 bridgehead atoms. The summed E-state index contributed by atoms with van der Waals surface area (Å²) in [6, 6.07) is 3.40. The van der Waals surface area contributed by atoms with Gasteiger partial charge in [0.25, 0.3) is 0 Å². The highest BCUT2D eigenvalue weighted by Crippen LogP contribution is 2.24. The molecular formula is C19H29F2IN4O2. The lowest BCUT2D eigenvalue weighted by atomic mass is 9.97. The lowest BCUT2D eigenvalue weighted by Crippen LogP contribution is -2.48. The number of rotatable bonds is 5. The summed E-state index contributed by atoms with van der Waals surface area (Å²) in [5.41, 5.74) is 0.0369. The van der Waals surface area contributed by atoms with Gasteiger partial charge >= 0.3 is 5.97 Å². The van der Waals surface area contributed by atoms with Gasteiger partial charge in [0.1, 0.15) is 11.6 Å². The number of ether oxygens (including phenoxy) is 1. The Balaban J connectivity index is 0.00000392. The summed E-state index contributed by atoms with van der Waals surface area (Å²) in [5.74, 6) is -0.748. The first-order valence-electron chi connectivity index (χ1n) is 9.02. The van der Waals surface area contributed by atoms with E-state index in [-0.39, 0.29) is 41.4 Å². The third kappa shape index (κ3) is 6.00. The first kappa shape index (κ1) is 24.5. The molecule has 0 spiro atoms. The summed E-state index contributed by atoms with van der Waals surface area (Å²) in [4.78, 5) is 19.8. The number of nitrogens with zero attached hydrogens (tertiary/aromatic N) is 3. The van der Waals surface area contributed by atoms with Crippen molar-refractivity contribution in [2.45, 2.75) is 18.9 Å². The van der Waals surface area contributed by atoms with Crippen molar-refractivity contribution >= 4 is 35.9 Å². The first-order valence-corrected chi connectivity index (χ1v) is 9.02. The van der Waals surface area contributed by atoms with Gasteiger partial charge in [0.05, 0.1) is 19.1 Å². The number of likely N-dealkylation sites (tertiary alicyclic amines) is 1. The third-order valence-corrected chi connectivity index (χ3v) is 4.95. The maximum atomic E-state index is 14.2. The van der Waals surface area contributed by atoms with Crippen molar-refractivity contribution in [3.8, 4) is 0 Å². The topological polar surface area (TPSA) is 57.2 Å². The van der Waals surface area contributed by atoms with Gasteiger partial charge in [0.15, 0.2) is 5.96 Å². The molecule has 1 fully saturated rings. The molecule has 0 saturated carbocycles. The Bertz CT molecular complexity index is 660. The number of hydrogen-bond donors (Lipinski definition) is 1. The molecule has 1 heterocycles. The molecule has 0 radical (unpaired) electrons. The van der Waals surface area contributed by atoms with Gasteiger partial charge in [-0.1, -0.05) is 6.07 Å². The molecule has 1 N–H and O–H groups in total. The molecule has 6 nitrogen and oxygen atoms in total. The quantitative estimate of drug-likeness (QED) is 0.286. The van der Waals surface area contributed by atoms with Gasteiger partial charge in [-0.3, -0.25) is 9.79 Å². The minimum absolute atomic E-state index is 0. The molecule has 1 atom stereocenters. The molecule has 0 amide bonds. The van der Waals surface area contributed by atoms with E-state index >= 15 is 0 Å². The summed E-state index contributed by atoms with van der Waals surface area (Å²) in [6.07, 6.45) is 1.37. The van der Waals surface area contributed by atoms with Crippen LogP contribution in [0.15, 0.2) is 23.2 Å². The number of likely N-dealkylation sites (N-methyl/N-ethyl adjacent to an activating group) is 1. The molecule has 0 aliphatic carbocycles. The van der Waals surface area contributed by atoms with Crippen molar-refractivity contribution < 1.29 is 18.3 Å². The summed E-state index contributed by atoms with van der Waals surface area (Å²) in [6.45, 7) is 1.63. The maximum absolute atomic E-state index is 14.2. The fourth-order valence-electron chi connectivity index (χ4n) is 3.39. The molecule has 0 aromatic heterocycles. The van der Waals surface area contributed by atoms with E-state index in [4.69, 9.17) is 4.74 Å². The highest BCUT2D eigenvalue weighted by Gasteiger charge is 2.28. The predicted molar refractivity (Wildman–Crippen MR) is 116 cm³/mol. The third-order valence-electron chi connectivity index (χ3n) is 4.95. The fourth-order valence-corrected chi connectivity index (χ4v) is 3.39. The van der Waals surface area contributed by atoms with Crippen LogP contribution in [0.25, 0.3) is 0 Å². The zero-order valence-corrected chi connectivity index (χ0v) is 19.1. The van der Waals surface area contributed by atoms with E-state index in [1.807, 2.05) is 4.90 Å². The van der Waals surface area contributed by atoms with E-state index in [1.165, 1.54) is 25.3 Å². The van der Waals surface area contributed by atoms with Crippen molar-refractivity contribution in [1.29, 1.82) is 0 Å².